The van der Waals surface area contributed by atoms with Crippen LogP contribution in [0.2, 0.25) is 0 Å². The van der Waals surface area contributed by atoms with E-state index in [0.717, 1.165) is 17.4 Å². The van der Waals surface area contributed by atoms with Crippen LogP contribution in [0.3, 0.4) is 0 Å². The molecule has 0 heterocycles. The highest BCUT2D eigenvalue weighted by Gasteiger charge is 2.69. The first-order valence-corrected chi connectivity index (χ1v) is 7.21. The zero-order chi connectivity index (χ0) is 12.8. The number of hydrogen-bond acceptors (Lipinski definition) is 4. The number of rotatable bonds is 2. The molecule has 4 nitrogen and oxygen atoms in total. The van der Waals surface area contributed by atoms with Crippen LogP contribution in [0, 0.1) is 18.3 Å². The lowest BCUT2D eigenvalue weighted by atomic mass is 10.1. The van der Waals surface area contributed by atoms with E-state index in [0.29, 0.717) is 0 Å². The summed E-state index contributed by atoms with van der Waals surface area (Å²) in [6, 6.07) is 9.40. The van der Waals surface area contributed by atoms with Crippen LogP contribution < -0.4 is 5.73 Å². The van der Waals surface area contributed by atoms with Crippen LogP contribution in [0.4, 0.5) is 0 Å². The first-order valence-electron chi connectivity index (χ1n) is 5.26. The highest BCUT2D eigenvalue weighted by Crippen LogP contribution is 2.53. The fraction of sp³-hybridized carbons (Fsp3) is 0.417. The van der Waals surface area contributed by atoms with E-state index < -0.39 is 26.5 Å². The third kappa shape index (κ3) is 1.84. The van der Waals surface area contributed by atoms with Gasteiger partial charge >= 0.3 is 0 Å². The van der Waals surface area contributed by atoms with Crippen molar-refractivity contribution in [2.75, 3.05) is 6.26 Å². The normalized spacial score (nSPS) is 31.9. The van der Waals surface area contributed by atoms with Gasteiger partial charge in [-0.25, -0.2) is 8.42 Å². The highest BCUT2D eigenvalue weighted by molar-refractivity contribution is 7.91. The lowest BCUT2D eigenvalue weighted by Gasteiger charge is -2.01. The summed E-state index contributed by atoms with van der Waals surface area (Å²) in [5.41, 5.74) is 6.48. The van der Waals surface area contributed by atoms with Gasteiger partial charge in [-0.05, 0) is 12.5 Å². The summed E-state index contributed by atoms with van der Waals surface area (Å²) in [4.78, 5) is 0. The van der Waals surface area contributed by atoms with Gasteiger partial charge in [-0.15, -0.1) is 0 Å². The molecular formula is C12H14N2O2S. The molecule has 5 heteroatoms. The summed E-state index contributed by atoms with van der Waals surface area (Å²) in [5, 5.41) is 8.26. The van der Waals surface area contributed by atoms with Crippen molar-refractivity contribution in [2.24, 2.45) is 5.73 Å². The first-order chi connectivity index (χ1) is 7.80. The predicted molar refractivity (Wildman–Crippen MR) is 65.1 cm³/mol. The van der Waals surface area contributed by atoms with Gasteiger partial charge in [0.15, 0.2) is 9.84 Å². The zero-order valence-corrected chi connectivity index (χ0v) is 10.5. The Morgan fingerprint density at radius 1 is 1.35 bits per heavy atom. The molecule has 2 N–H and O–H groups in total. The van der Waals surface area contributed by atoms with E-state index >= 15 is 0 Å². The van der Waals surface area contributed by atoms with Crippen LogP contribution in [-0.2, 0) is 9.84 Å². The van der Waals surface area contributed by atoms with E-state index in [-0.39, 0.29) is 0 Å². The number of nitrogens with two attached hydrogens (primary N) is 1. The molecule has 0 spiro atoms. The summed E-state index contributed by atoms with van der Waals surface area (Å²) in [7, 11) is -3.30. The molecule has 1 aromatic carbocycles. The molecule has 0 amide bonds. The predicted octanol–water partition coefficient (Wildman–Crippen LogP) is 0.726. The number of hydrogen-bond donors (Lipinski definition) is 1. The second-order valence-electron chi connectivity index (χ2n) is 4.68. The Labute approximate surface area is 101 Å². The Morgan fingerprint density at radius 3 is 2.24 bits per heavy atom. The van der Waals surface area contributed by atoms with E-state index in [9.17, 15) is 8.42 Å². The molecule has 0 radical (unpaired) electrons. The Hall–Kier alpha value is -1.38. The van der Waals surface area contributed by atoms with Gasteiger partial charge in [-0.3, -0.25) is 0 Å². The van der Waals surface area contributed by atoms with E-state index in [1.807, 2.05) is 37.3 Å². The molecule has 0 unspecified atom stereocenters. The third-order valence-corrected chi connectivity index (χ3v) is 4.86. The van der Waals surface area contributed by atoms with Crippen LogP contribution in [0.25, 0.3) is 0 Å². The molecule has 0 aliphatic heterocycles. The van der Waals surface area contributed by atoms with Crippen molar-refractivity contribution in [3.63, 3.8) is 0 Å². The van der Waals surface area contributed by atoms with Crippen LogP contribution in [0.1, 0.15) is 17.0 Å². The Kier molecular flexibility index (Phi) is 2.53. The van der Waals surface area contributed by atoms with Gasteiger partial charge in [0.1, 0.15) is 10.8 Å². The van der Waals surface area contributed by atoms with Crippen molar-refractivity contribution >= 4 is 9.84 Å². The molecule has 0 saturated heterocycles. The molecule has 1 aliphatic carbocycles. The van der Waals surface area contributed by atoms with Crippen molar-refractivity contribution < 1.29 is 8.42 Å². The fourth-order valence-corrected chi connectivity index (χ4v) is 4.04. The Balaban J connectivity index is 2.42. The van der Waals surface area contributed by atoms with Crippen molar-refractivity contribution in [1.29, 1.82) is 5.26 Å². The maximum Gasteiger partial charge on any atom is 0.153 e. The quantitative estimate of drug-likeness (QED) is 0.838. The second-order valence-corrected chi connectivity index (χ2v) is 6.85. The van der Waals surface area contributed by atoms with Crippen molar-refractivity contribution in [3.8, 4) is 6.07 Å². The minimum atomic E-state index is -3.30. The molecule has 0 aromatic heterocycles. The average Bonchev–Trinajstić information content (AvgIpc) is 2.87. The lowest BCUT2D eigenvalue weighted by Crippen LogP contribution is -2.28. The van der Waals surface area contributed by atoms with Gasteiger partial charge in [-0.1, -0.05) is 29.8 Å². The van der Waals surface area contributed by atoms with Crippen LogP contribution in [-0.4, -0.2) is 25.5 Å². The SMILES string of the molecule is Cc1ccc([C@@H]2[C@H](S(C)(=O)=O)[C@@]2(N)C#N)cc1. The minimum absolute atomic E-state index is 0.414. The molecule has 0 bridgehead atoms. The lowest BCUT2D eigenvalue weighted by molar-refractivity contribution is 0.597. The Bertz CT molecular complexity index is 586. The van der Waals surface area contributed by atoms with Gasteiger partial charge in [0.05, 0.1) is 6.07 Å². The summed E-state index contributed by atoms with van der Waals surface area (Å²) >= 11 is 0. The molecule has 3 atom stereocenters. The topological polar surface area (TPSA) is 83.9 Å². The standard InChI is InChI=1S/C12H14N2O2S/c1-8-3-5-9(6-4-8)10-11(17(2,15)16)12(10,14)7-13/h3-6,10-11H,14H2,1-2H3/t10-,11+,12-/m1/s1. The van der Waals surface area contributed by atoms with Gasteiger partial charge in [0, 0.05) is 12.2 Å². The summed E-state index contributed by atoms with van der Waals surface area (Å²) in [6.07, 6.45) is 1.13. The first kappa shape index (κ1) is 12.1. The molecule has 1 aliphatic rings. The van der Waals surface area contributed by atoms with Gasteiger partial charge in [0.2, 0.25) is 0 Å². The fourth-order valence-electron chi connectivity index (χ4n) is 2.33. The second kappa shape index (κ2) is 3.56. The van der Waals surface area contributed by atoms with Crippen LogP contribution in [0.5, 0.6) is 0 Å². The maximum atomic E-state index is 11.6. The van der Waals surface area contributed by atoms with Gasteiger partial charge < -0.3 is 5.73 Å². The number of nitrogens with zero attached hydrogens (tertiary/aromatic N) is 1. The van der Waals surface area contributed by atoms with E-state index in [2.05, 4.69) is 0 Å². The third-order valence-electron chi connectivity index (χ3n) is 3.27. The number of nitriles is 1. The molecule has 1 saturated carbocycles. The van der Waals surface area contributed by atoms with E-state index in [4.69, 9.17) is 11.0 Å². The van der Waals surface area contributed by atoms with E-state index in [1.165, 1.54) is 0 Å². The average molecular weight is 250 g/mol. The molecular weight excluding hydrogens is 236 g/mol. The Morgan fingerprint density at radius 2 is 1.88 bits per heavy atom. The molecule has 90 valence electrons. The largest absolute Gasteiger partial charge is 0.312 e. The summed E-state index contributed by atoms with van der Waals surface area (Å²) in [6.45, 7) is 1.95. The monoisotopic (exact) mass is 250 g/mol. The molecule has 17 heavy (non-hydrogen) atoms. The molecule has 2 rings (SSSR count). The van der Waals surface area contributed by atoms with Crippen LogP contribution >= 0.6 is 0 Å². The summed E-state index contributed by atoms with van der Waals surface area (Å²) < 4.78 is 23.2. The smallest absolute Gasteiger partial charge is 0.153 e. The number of benzene rings is 1. The zero-order valence-electron chi connectivity index (χ0n) is 9.71. The maximum absolute atomic E-state index is 11.6. The van der Waals surface area contributed by atoms with Gasteiger partial charge in [-0.2, -0.15) is 5.26 Å². The van der Waals surface area contributed by atoms with Crippen molar-refractivity contribution in [3.05, 3.63) is 35.4 Å². The van der Waals surface area contributed by atoms with Gasteiger partial charge in [0.25, 0.3) is 0 Å². The van der Waals surface area contributed by atoms with E-state index in [1.54, 1.807) is 0 Å². The van der Waals surface area contributed by atoms with Crippen molar-refractivity contribution in [1.82, 2.24) is 0 Å². The number of sulfone groups is 1. The number of aryl methyl sites for hydroxylation is 1. The molecule has 1 aromatic rings. The highest BCUT2D eigenvalue weighted by atomic mass is 32.2. The molecule has 1 fully saturated rings. The minimum Gasteiger partial charge on any atom is -0.312 e. The van der Waals surface area contributed by atoms with Crippen LogP contribution in [0.15, 0.2) is 24.3 Å². The summed E-state index contributed by atoms with van der Waals surface area (Å²) in [5.74, 6) is -0.414. The van der Waals surface area contributed by atoms with Crippen molar-refractivity contribution in [2.45, 2.75) is 23.6 Å².